The molecule has 0 aromatic rings. The summed E-state index contributed by atoms with van der Waals surface area (Å²) in [4.78, 5) is 23.8. The molecule has 3 aliphatic rings. The molecule has 2 heterocycles. The minimum absolute atomic E-state index is 0.183. The second-order valence-electron chi connectivity index (χ2n) is 8.50. The second-order valence-corrected chi connectivity index (χ2v) is 8.50. The van der Waals surface area contributed by atoms with E-state index in [-0.39, 0.29) is 11.4 Å². The van der Waals surface area contributed by atoms with Gasteiger partial charge >= 0.3 is 0 Å². The Kier molecular flexibility index (Phi) is 7.39. The van der Waals surface area contributed by atoms with Crippen molar-refractivity contribution in [3.05, 3.63) is 0 Å². The number of piperazine rings is 1. The molecule has 3 rings (SSSR count). The van der Waals surface area contributed by atoms with Gasteiger partial charge in [-0.05, 0) is 45.7 Å². The topological polar surface area (TPSA) is 51.2 Å². The normalized spacial score (nSPS) is 24.7. The van der Waals surface area contributed by atoms with Crippen LogP contribution in [-0.2, 0) is 4.79 Å². The minimum Gasteiger partial charge on any atom is -0.357 e. The van der Waals surface area contributed by atoms with Crippen molar-refractivity contribution in [3.8, 4) is 0 Å². The summed E-state index contributed by atoms with van der Waals surface area (Å²) in [5, 5.41) is 3.51. The molecule has 6 heteroatoms. The van der Waals surface area contributed by atoms with Crippen LogP contribution in [-0.4, -0.2) is 84.5 Å². The van der Waals surface area contributed by atoms with E-state index in [2.05, 4.69) is 22.0 Å². The van der Waals surface area contributed by atoms with Gasteiger partial charge in [0.05, 0.1) is 6.54 Å². The quantitative estimate of drug-likeness (QED) is 0.603. The first-order valence-electron chi connectivity index (χ1n) is 11.2. The van der Waals surface area contributed by atoms with Crippen molar-refractivity contribution in [2.75, 3.05) is 52.4 Å². The van der Waals surface area contributed by atoms with Crippen molar-refractivity contribution >= 4 is 11.9 Å². The number of amides is 1. The van der Waals surface area contributed by atoms with Crippen LogP contribution in [0.4, 0.5) is 0 Å². The summed E-state index contributed by atoms with van der Waals surface area (Å²) >= 11 is 0. The van der Waals surface area contributed by atoms with E-state index in [0.29, 0.717) is 0 Å². The molecular formula is C21H39N5O. The molecule has 0 aromatic heterocycles. The lowest BCUT2D eigenvalue weighted by Crippen LogP contribution is -2.56. The predicted octanol–water partition coefficient (Wildman–Crippen LogP) is 2.30. The van der Waals surface area contributed by atoms with Crippen LogP contribution in [0.15, 0.2) is 4.99 Å². The highest BCUT2D eigenvalue weighted by atomic mass is 16.2. The molecule has 154 valence electrons. The molecule has 1 saturated carbocycles. The average molecular weight is 378 g/mol. The van der Waals surface area contributed by atoms with Crippen molar-refractivity contribution in [3.63, 3.8) is 0 Å². The number of carbonyl (C=O) groups excluding carboxylic acids is 1. The highest BCUT2D eigenvalue weighted by Crippen LogP contribution is 2.36. The summed E-state index contributed by atoms with van der Waals surface area (Å²) in [5.74, 6) is 1.23. The van der Waals surface area contributed by atoms with Gasteiger partial charge in [0.1, 0.15) is 0 Å². The summed E-state index contributed by atoms with van der Waals surface area (Å²) in [5.41, 5.74) is 0.278. The number of aliphatic imine (C=N–C) groups is 1. The molecule has 3 fully saturated rings. The van der Waals surface area contributed by atoms with Gasteiger partial charge in [0.25, 0.3) is 0 Å². The summed E-state index contributed by atoms with van der Waals surface area (Å²) in [7, 11) is 0. The molecule has 6 nitrogen and oxygen atoms in total. The SMILES string of the molecule is CCNC(=NCC1(N2CCCCC2)CCCCC1)N1CCN(C(C)=O)CC1. The molecule has 0 aromatic carbocycles. The fourth-order valence-corrected chi connectivity index (χ4v) is 5.03. The van der Waals surface area contributed by atoms with Gasteiger partial charge < -0.3 is 15.1 Å². The minimum atomic E-state index is 0.183. The van der Waals surface area contributed by atoms with Crippen LogP contribution in [0.5, 0.6) is 0 Å². The lowest BCUT2D eigenvalue weighted by molar-refractivity contribution is -0.130. The largest absolute Gasteiger partial charge is 0.357 e. The summed E-state index contributed by atoms with van der Waals surface area (Å²) in [6, 6.07) is 0. The Morgan fingerprint density at radius 3 is 2.07 bits per heavy atom. The number of guanidine groups is 1. The molecule has 2 saturated heterocycles. The third-order valence-corrected chi connectivity index (χ3v) is 6.69. The van der Waals surface area contributed by atoms with E-state index in [1.165, 1.54) is 64.5 Å². The maximum atomic E-state index is 11.6. The van der Waals surface area contributed by atoms with E-state index in [1.54, 1.807) is 6.92 Å². The highest BCUT2D eigenvalue weighted by Gasteiger charge is 2.38. The number of carbonyl (C=O) groups is 1. The van der Waals surface area contributed by atoms with Gasteiger partial charge in [-0.15, -0.1) is 0 Å². The van der Waals surface area contributed by atoms with Crippen LogP contribution in [0.3, 0.4) is 0 Å². The Morgan fingerprint density at radius 2 is 1.48 bits per heavy atom. The van der Waals surface area contributed by atoms with Gasteiger partial charge in [0.15, 0.2) is 5.96 Å². The van der Waals surface area contributed by atoms with Crippen molar-refractivity contribution in [2.45, 2.75) is 70.8 Å². The summed E-state index contributed by atoms with van der Waals surface area (Å²) in [6.07, 6.45) is 10.8. The van der Waals surface area contributed by atoms with E-state index >= 15 is 0 Å². The molecule has 0 bridgehead atoms. The van der Waals surface area contributed by atoms with Gasteiger partial charge in [0.2, 0.25) is 5.91 Å². The van der Waals surface area contributed by atoms with Gasteiger partial charge in [0, 0.05) is 45.2 Å². The molecule has 0 radical (unpaired) electrons. The first-order valence-corrected chi connectivity index (χ1v) is 11.2. The number of piperidine rings is 1. The van der Waals surface area contributed by atoms with Crippen LogP contribution >= 0.6 is 0 Å². The van der Waals surface area contributed by atoms with Crippen LogP contribution in [0.1, 0.15) is 65.2 Å². The lowest BCUT2D eigenvalue weighted by atomic mass is 9.79. The maximum absolute atomic E-state index is 11.6. The van der Waals surface area contributed by atoms with Gasteiger partial charge in [-0.2, -0.15) is 0 Å². The van der Waals surface area contributed by atoms with Gasteiger partial charge in [-0.25, -0.2) is 0 Å². The smallest absolute Gasteiger partial charge is 0.219 e. The second kappa shape index (κ2) is 9.76. The zero-order valence-corrected chi connectivity index (χ0v) is 17.5. The Bertz CT molecular complexity index is 501. The Morgan fingerprint density at radius 1 is 0.889 bits per heavy atom. The van der Waals surface area contributed by atoms with E-state index in [1.807, 2.05) is 4.90 Å². The van der Waals surface area contributed by atoms with Crippen LogP contribution in [0, 0.1) is 0 Å². The van der Waals surface area contributed by atoms with Crippen molar-refractivity contribution in [2.24, 2.45) is 4.99 Å². The van der Waals surface area contributed by atoms with E-state index in [0.717, 1.165) is 45.2 Å². The zero-order chi connectivity index (χ0) is 19.1. The van der Waals surface area contributed by atoms with Crippen LogP contribution < -0.4 is 5.32 Å². The molecule has 1 aliphatic carbocycles. The molecule has 1 amide bonds. The fourth-order valence-electron chi connectivity index (χ4n) is 5.03. The van der Waals surface area contributed by atoms with E-state index in [9.17, 15) is 4.79 Å². The van der Waals surface area contributed by atoms with Crippen LogP contribution in [0.25, 0.3) is 0 Å². The zero-order valence-electron chi connectivity index (χ0n) is 17.5. The Hall–Kier alpha value is -1.30. The highest BCUT2D eigenvalue weighted by molar-refractivity contribution is 5.80. The monoisotopic (exact) mass is 377 g/mol. The number of nitrogens with zero attached hydrogens (tertiary/aromatic N) is 4. The van der Waals surface area contributed by atoms with E-state index in [4.69, 9.17) is 4.99 Å². The number of hydrogen-bond acceptors (Lipinski definition) is 3. The summed E-state index contributed by atoms with van der Waals surface area (Å²) in [6.45, 7) is 11.5. The molecule has 0 atom stereocenters. The first kappa shape index (κ1) is 20.4. The van der Waals surface area contributed by atoms with E-state index < -0.39 is 0 Å². The lowest BCUT2D eigenvalue weighted by Gasteiger charge is -2.47. The van der Waals surface area contributed by atoms with Crippen molar-refractivity contribution in [1.82, 2.24) is 20.0 Å². The number of hydrogen-bond donors (Lipinski definition) is 1. The third kappa shape index (κ3) is 5.15. The third-order valence-electron chi connectivity index (χ3n) is 6.69. The number of rotatable bonds is 4. The Labute approximate surface area is 165 Å². The van der Waals surface area contributed by atoms with Gasteiger partial charge in [-0.1, -0.05) is 25.7 Å². The maximum Gasteiger partial charge on any atom is 0.219 e. The van der Waals surface area contributed by atoms with Crippen molar-refractivity contribution < 1.29 is 4.79 Å². The standard InChI is InChI=1S/C21H39N5O/c1-3-22-20(25-16-14-24(15-17-25)19(2)27)23-18-21(10-6-4-7-11-21)26-12-8-5-9-13-26/h3-18H2,1-2H3,(H,22,23). The number of nitrogens with one attached hydrogen (secondary N) is 1. The molecule has 27 heavy (non-hydrogen) atoms. The molecule has 2 aliphatic heterocycles. The molecule has 1 N–H and O–H groups in total. The Balaban J connectivity index is 1.69. The van der Waals surface area contributed by atoms with Crippen molar-refractivity contribution in [1.29, 1.82) is 0 Å². The first-order chi connectivity index (χ1) is 13.1. The van der Waals surface area contributed by atoms with Crippen LogP contribution in [0.2, 0.25) is 0 Å². The average Bonchev–Trinajstić information content (AvgIpc) is 2.72. The molecular weight excluding hydrogens is 338 g/mol. The van der Waals surface area contributed by atoms with Gasteiger partial charge in [-0.3, -0.25) is 14.7 Å². The summed E-state index contributed by atoms with van der Waals surface area (Å²) < 4.78 is 0. The predicted molar refractivity (Wildman–Crippen MR) is 111 cm³/mol. The molecule has 0 spiro atoms. The molecule has 0 unspecified atom stereocenters. The fraction of sp³-hybridized carbons (Fsp3) is 0.905. The number of likely N-dealkylation sites (tertiary alicyclic amines) is 1.